The van der Waals surface area contributed by atoms with Crippen molar-refractivity contribution in [3.8, 4) is 10.4 Å². The van der Waals surface area contributed by atoms with Crippen molar-refractivity contribution >= 4 is 23.2 Å². The molecule has 0 bridgehead atoms. The van der Waals surface area contributed by atoms with Crippen LogP contribution in [0.1, 0.15) is 33.6 Å². The summed E-state index contributed by atoms with van der Waals surface area (Å²) in [5.41, 5.74) is 8.83. The average molecular weight is 312 g/mol. The van der Waals surface area contributed by atoms with Crippen LogP contribution in [0.2, 0.25) is 0 Å². The highest BCUT2D eigenvalue weighted by molar-refractivity contribution is 7.17. The minimum atomic E-state index is -0.231. The molecular weight excluding hydrogens is 296 g/mol. The van der Waals surface area contributed by atoms with Crippen LogP contribution in [0.3, 0.4) is 0 Å². The highest BCUT2D eigenvalue weighted by Gasteiger charge is 2.30. The van der Waals surface area contributed by atoms with Gasteiger partial charge in [-0.2, -0.15) is 0 Å². The normalized spacial score (nSPS) is 15.6. The fraction of sp³-hybridized carbons (Fsp3) is 0.294. The van der Waals surface area contributed by atoms with Gasteiger partial charge in [0.15, 0.2) is 0 Å². The molecule has 0 saturated heterocycles. The predicted molar refractivity (Wildman–Crippen MR) is 85.5 cm³/mol. The molecule has 5 heteroatoms. The summed E-state index contributed by atoms with van der Waals surface area (Å²) < 4.78 is 0. The smallest absolute Gasteiger partial charge is 0.273 e. The van der Waals surface area contributed by atoms with Gasteiger partial charge in [0.2, 0.25) is 5.91 Å². The van der Waals surface area contributed by atoms with Crippen LogP contribution >= 0.6 is 11.3 Å². The van der Waals surface area contributed by atoms with Gasteiger partial charge in [-0.3, -0.25) is 20.4 Å². The number of rotatable bonds is 2. The van der Waals surface area contributed by atoms with Crippen LogP contribution in [-0.2, 0) is 17.6 Å². The molecule has 112 valence electrons. The molecule has 1 fully saturated rings. The number of fused-ring (bicyclic) bond motifs is 3. The molecule has 1 heterocycles. The molecule has 4 nitrogen and oxygen atoms in total. The Balaban J connectivity index is 1.54. The molecule has 0 unspecified atom stereocenters. The summed E-state index contributed by atoms with van der Waals surface area (Å²) in [4.78, 5) is 25.6. The summed E-state index contributed by atoms with van der Waals surface area (Å²) >= 11 is 1.50. The Bertz CT molecular complexity index is 762. The zero-order valence-electron chi connectivity index (χ0n) is 12.0. The maximum atomic E-state index is 12.2. The quantitative estimate of drug-likeness (QED) is 0.838. The van der Waals surface area contributed by atoms with Crippen LogP contribution in [0, 0.1) is 5.92 Å². The fourth-order valence-electron chi connectivity index (χ4n) is 2.81. The lowest BCUT2D eigenvalue weighted by Crippen LogP contribution is -2.42. The van der Waals surface area contributed by atoms with Gasteiger partial charge in [0, 0.05) is 10.8 Å². The van der Waals surface area contributed by atoms with Gasteiger partial charge in [-0.15, -0.1) is 11.3 Å². The second-order valence-electron chi connectivity index (χ2n) is 5.84. The largest absolute Gasteiger partial charge is 0.279 e. The van der Waals surface area contributed by atoms with E-state index in [2.05, 4.69) is 29.1 Å². The number of hydrogen-bond donors (Lipinski definition) is 2. The first kappa shape index (κ1) is 13.5. The molecule has 2 aliphatic rings. The Kier molecular flexibility index (Phi) is 3.22. The van der Waals surface area contributed by atoms with Crippen LogP contribution in [-0.4, -0.2) is 11.8 Å². The third-order valence-electron chi connectivity index (χ3n) is 4.21. The lowest BCUT2D eigenvalue weighted by atomic mass is 9.91. The Morgan fingerprint density at radius 2 is 1.82 bits per heavy atom. The molecule has 0 spiro atoms. The number of aryl methyl sites for hydroxylation is 2. The predicted octanol–water partition coefficient (Wildman–Crippen LogP) is 2.68. The van der Waals surface area contributed by atoms with Crippen LogP contribution in [0.4, 0.5) is 0 Å². The van der Waals surface area contributed by atoms with Gasteiger partial charge in [0.25, 0.3) is 5.91 Å². The van der Waals surface area contributed by atoms with Crippen molar-refractivity contribution in [3.05, 3.63) is 46.3 Å². The van der Waals surface area contributed by atoms with E-state index in [1.807, 2.05) is 12.1 Å². The second kappa shape index (κ2) is 5.25. The van der Waals surface area contributed by atoms with Gasteiger partial charge < -0.3 is 0 Å². The fourth-order valence-corrected chi connectivity index (χ4v) is 3.98. The first-order valence-corrected chi connectivity index (χ1v) is 8.35. The SMILES string of the molecule is O=C(NNC(=O)C1CC1)c1cc2c(s1)-c1ccccc1CC2. The molecule has 0 atom stereocenters. The molecule has 2 N–H and O–H groups in total. The molecular formula is C17H16N2O2S. The standard InChI is InChI=1S/C17H16N2O2S/c20-16(11-6-7-11)18-19-17(21)14-9-12-8-5-10-3-1-2-4-13(10)15(12)22-14/h1-4,9,11H,5-8H2,(H,18,20)(H,19,21). The number of carbonyl (C=O) groups is 2. The molecule has 2 amide bonds. The van der Waals surface area contributed by atoms with Crippen molar-refractivity contribution in [2.45, 2.75) is 25.7 Å². The molecule has 22 heavy (non-hydrogen) atoms. The first-order chi connectivity index (χ1) is 10.7. The van der Waals surface area contributed by atoms with Crippen LogP contribution in [0.5, 0.6) is 0 Å². The van der Waals surface area contributed by atoms with Gasteiger partial charge in [-0.25, -0.2) is 0 Å². The molecule has 2 aromatic rings. The third kappa shape index (κ3) is 2.41. The van der Waals surface area contributed by atoms with Crippen molar-refractivity contribution in [3.63, 3.8) is 0 Å². The average Bonchev–Trinajstić information content (AvgIpc) is 3.30. The molecule has 1 saturated carbocycles. The Hall–Kier alpha value is -2.14. The summed E-state index contributed by atoms with van der Waals surface area (Å²) in [7, 11) is 0. The van der Waals surface area contributed by atoms with E-state index in [0.717, 1.165) is 25.7 Å². The summed E-state index contributed by atoms with van der Waals surface area (Å²) in [5, 5.41) is 0. The van der Waals surface area contributed by atoms with Crippen molar-refractivity contribution < 1.29 is 9.59 Å². The maximum Gasteiger partial charge on any atom is 0.279 e. The van der Waals surface area contributed by atoms with Gasteiger partial charge in [-0.1, -0.05) is 24.3 Å². The van der Waals surface area contributed by atoms with E-state index in [-0.39, 0.29) is 17.7 Å². The number of hydrogen-bond acceptors (Lipinski definition) is 3. The molecule has 2 aliphatic carbocycles. The number of benzene rings is 1. The molecule has 4 rings (SSSR count). The zero-order valence-corrected chi connectivity index (χ0v) is 12.8. The summed E-state index contributed by atoms with van der Waals surface area (Å²) in [6.45, 7) is 0. The van der Waals surface area contributed by atoms with Crippen molar-refractivity contribution in [1.82, 2.24) is 10.9 Å². The third-order valence-corrected chi connectivity index (χ3v) is 5.42. The van der Waals surface area contributed by atoms with E-state index >= 15 is 0 Å². The van der Waals surface area contributed by atoms with Gasteiger partial charge >= 0.3 is 0 Å². The Morgan fingerprint density at radius 3 is 2.64 bits per heavy atom. The number of amides is 2. The molecule has 0 radical (unpaired) electrons. The van der Waals surface area contributed by atoms with Crippen molar-refractivity contribution in [1.29, 1.82) is 0 Å². The van der Waals surface area contributed by atoms with E-state index in [0.29, 0.717) is 4.88 Å². The minimum absolute atomic E-state index is 0.0833. The second-order valence-corrected chi connectivity index (χ2v) is 6.89. The Morgan fingerprint density at radius 1 is 1.05 bits per heavy atom. The monoisotopic (exact) mass is 312 g/mol. The van der Waals surface area contributed by atoms with E-state index in [1.165, 1.54) is 32.9 Å². The first-order valence-electron chi connectivity index (χ1n) is 7.53. The van der Waals surface area contributed by atoms with Crippen molar-refractivity contribution in [2.24, 2.45) is 5.92 Å². The lowest BCUT2D eigenvalue weighted by molar-refractivity contribution is -0.123. The number of carbonyl (C=O) groups excluding carboxylic acids is 2. The van der Waals surface area contributed by atoms with E-state index < -0.39 is 0 Å². The molecule has 1 aromatic carbocycles. The van der Waals surface area contributed by atoms with Crippen molar-refractivity contribution in [2.75, 3.05) is 0 Å². The van der Waals surface area contributed by atoms with Gasteiger partial charge in [-0.05, 0) is 48.4 Å². The van der Waals surface area contributed by atoms with Gasteiger partial charge in [0.05, 0.1) is 4.88 Å². The van der Waals surface area contributed by atoms with Crippen LogP contribution in [0.25, 0.3) is 10.4 Å². The van der Waals surface area contributed by atoms with Gasteiger partial charge in [0.1, 0.15) is 0 Å². The number of hydrazine groups is 1. The van der Waals surface area contributed by atoms with Crippen LogP contribution < -0.4 is 10.9 Å². The van der Waals surface area contributed by atoms with E-state index in [9.17, 15) is 9.59 Å². The molecule has 0 aliphatic heterocycles. The lowest BCUT2D eigenvalue weighted by Gasteiger charge is -2.15. The maximum absolute atomic E-state index is 12.2. The molecule has 1 aromatic heterocycles. The topological polar surface area (TPSA) is 58.2 Å². The van der Waals surface area contributed by atoms with E-state index in [1.54, 1.807) is 0 Å². The summed E-state index contributed by atoms with van der Waals surface area (Å²) in [6.07, 6.45) is 3.82. The zero-order chi connectivity index (χ0) is 15.1. The highest BCUT2D eigenvalue weighted by Crippen LogP contribution is 2.39. The van der Waals surface area contributed by atoms with Crippen LogP contribution in [0.15, 0.2) is 30.3 Å². The summed E-state index contributed by atoms with van der Waals surface area (Å²) in [6, 6.07) is 10.3. The Labute approximate surface area is 132 Å². The number of thiophene rings is 1. The minimum Gasteiger partial charge on any atom is -0.273 e. The van der Waals surface area contributed by atoms with E-state index in [4.69, 9.17) is 0 Å². The summed E-state index contributed by atoms with van der Waals surface area (Å²) in [5.74, 6) is -0.227. The highest BCUT2D eigenvalue weighted by atomic mass is 32.1. The number of nitrogens with one attached hydrogen (secondary N) is 2.